The molecule has 0 saturated heterocycles. The van der Waals surface area contributed by atoms with Crippen LogP contribution in [0.4, 0.5) is 0 Å². The highest BCUT2D eigenvalue weighted by atomic mass is 32.1. The van der Waals surface area contributed by atoms with Gasteiger partial charge >= 0.3 is 0 Å². The van der Waals surface area contributed by atoms with E-state index >= 15 is 0 Å². The number of rotatable bonds is 8. The second-order valence-corrected chi connectivity index (χ2v) is 7.06. The molecule has 0 radical (unpaired) electrons. The van der Waals surface area contributed by atoms with E-state index in [4.69, 9.17) is 21.4 Å². The van der Waals surface area contributed by atoms with Crippen molar-refractivity contribution in [1.82, 2.24) is 15.2 Å². The van der Waals surface area contributed by atoms with E-state index in [0.717, 1.165) is 28.6 Å². The van der Waals surface area contributed by atoms with Gasteiger partial charge in [0.05, 0.1) is 24.9 Å². The third-order valence-corrected chi connectivity index (χ3v) is 4.94. The van der Waals surface area contributed by atoms with Crippen molar-refractivity contribution in [2.75, 3.05) is 20.3 Å². The molecule has 6 nitrogen and oxygen atoms in total. The van der Waals surface area contributed by atoms with Crippen LogP contribution in [0.15, 0.2) is 51.9 Å². The highest BCUT2D eigenvalue weighted by molar-refractivity contribution is 7.80. The van der Waals surface area contributed by atoms with Gasteiger partial charge in [-0.1, -0.05) is 18.2 Å². The minimum Gasteiger partial charge on any atom is -0.467 e. The normalized spacial score (nSPS) is 10.9. The molecule has 148 valence electrons. The number of nitrogens with zero attached hydrogens (tertiary/aromatic N) is 1. The van der Waals surface area contributed by atoms with Gasteiger partial charge in [-0.2, -0.15) is 0 Å². The van der Waals surface area contributed by atoms with Crippen LogP contribution in [-0.2, 0) is 17.8 Å². The average molecular weight is 400 g/mol. The van der Waals surface area contributed by atoms with Crippen molar-refractivity contribution in [3.8, 4) is 0 Å². The molecule has 2 N–H and O–H groups in total. The standard InChI is InChI=1S/C21H25N3O3S/c1-15-6-3-7-16-12-17(20(25)23-19(15)16)13-24(14-18-8-4-11-27-18)21(28)22-9-5-10-26-2/h3-4,6-8,11-12H,5,9-10,13-14H2,1-2H3,(H,22,28)(H,23,25). The second kappa shape index (κ2) is 9.52. The van der Waals surface area contributed by atoms with Crippen molar-refractivity contribution in [3.63, 3.8) is 0 Å². The van der Waals surface area contributed by atoms with Gasteiger partial charge in [-0.05, 0) is 54.7 Å². The molecule has 2 aromatic heterocycles. The van der Waals surface area contributed by atoms with Crippen LogP contribution in [0.25, 0.3) is 10.9 Å². The predicted octanol–water partition coefficient (Wildman–Crippen LogP) is 3.34. The molecule has 0 fully saturated rings. The van der Waals surface area contributed by atoms with Gasteiger partial charge in [-0.3, -0.25) is 4.79 Å². The third-order valence-electron chi connectivity index (χ3n) is 4.54. The van der Waals surface area contributed by atoms with Crippen LogP contribution >= 0.6 is 12.2 Å². The van der Waals surface area contributed by atoms with E-state index in [1.165, 1.54) is 0 Å². The van der Waals surface area contributed by atoms with E-state index in [0.29, 0.717) is 36.9 Å². The average Bonchev–Trinajstić information content (AvgIpc) is 3.19. The maximum atomic E-state index is 12.7. The Hall–Kier alpha value is -2.64. The van der Waals surface area contributed by atoms with Crippen molar-refractivity contribution < 1.29 is 9.15 Å². The molecule has 0 aliphatic carbocycles. The van der Waals surface area contributed by atoms with Crippen LogP contribution in [0.5, 0.6) is 0 Å². The highest BCUT2D eigenvalue weighted by Gasteiger charge is 2.15. The lowest BCUT2D eigenvalue weighted by atomic mass is 10.1. The maximum Gasteiger partial charge on any atom is 0.253 e. The first-order valence-corrected chi connectivity index (χ1v) is 9.65. The van der Waals surface area contributed by atoms with Crippen LogP contribution in [-0.4, -0.2) is 35.3 Å². The summed E-state index contributed by atoms with van der Waals surface area (Å²) in [5.41, 5.74) is 2.47. The summed E-state index contributed by atoms with van der Waals surface area (Å²) >= 11 is 5.58. The smallest absolute Gasteiger partial charge is 0.253 e. The summed E-state index contributed by atoms with van der Waals surface area (Å²) in [6, 6.07) is 11.6. The fraction of sp³-hybridized carbons (Fsp3) is 0.333. The zero-order valence-corrected chi connectivity index (χ0v) is 17.0. The minimum absolute atomic E-state index is 0.103. The van der Waals surface area contributed by atoms with Gasteiger partial charge < -0.3 is 24.4 Å². The Morgan fingerprint density at radius 3 is 2.89 bits per heavy atom. The Labute approximate surface area is 169 Å². The van der Waals surface area contributed by atoms with Crippen LogP contribution in [0.2, 0.25) is 0 Å². The van der Waals surface area contributed by atoms with E-state index in [2.05, 4.69) is 10.3 Å². The summed E-state index contributed by atoms with van der Waals surface area (Å²) in [5.74, 6) is 0.786. The number of thiocarbonyl (C=S) groups is 1. The molecule has 7 heteroatoms. The Morgan fingerprint density at radius 1 is 1.29 bits per heavy atom. The summed E-state index contributed by atoms with van der Waals surface area (Å²) in [5, 5.41) is 4.83. The topological polar surface area (TPSA) is 70.5 Å². The highest BCUT2D eigenvalue weighted by Crippen LogP contribution is 2.16. The molecule has 1 aromatic carbocycles. The maximum absolute atomic E-state index is 12.7. The van der Waals surface area contributed by atoms with E-state index in [1.807, 2.05) is 48.2 Å². The number of hydrogen-bond donors (Lipinski definition) is 2. The first kappa shape index (κ1) is 20.1. The van der Waals surface area contributed by atoms with Crippen molar-refractivity contribution >= 4 is 28.2 Å². The molecule has 0 unspecified atom stereocenters. The molecule has 0 spiro atoms. The Morgan fingerprint density at radius 2 is 2.14 bits per heavy atom. The fourth-order valence-corrected chi connectivity index (χ4v) is 3.30. The van der Waals surface area contributed by atoms with Crippen LogP contribution in [0, 0.1) is 6.92 Å². The van der Waals surface area contributed by atoms with Crippen molar-refractivity contribution in [1.29, 1.82) is 0 Å². The summed E-state index contributed by atoms with van der Waals surface area (Å²) in [6.07, 6.45) is 2.48. The number of ether oxygens (including phenoxy) is 1. The van der Waals surface area contributed by atoms with Crippen molar-refractivity contribution in [2.45, 2.75) is 26.4 Å². The van der Waals surface area contributed by atoms with Crippen LogP contribution in [0.3, 0.4) is 0 Å². The van der Waals surface area contributed by atoms with Crippen molar-refractivity contribution in [2.24, 2.45) is 0 Å². The molecule has 0 saturated carbocycles. The Bertz CT molecular complexity index is 982. The number of pyridine rings is 1. The Balaban J connectivity index is 1.82. The zero-order valence-electron chi connectivity index (χ0n) is 16.2. The van der Waals surface area contributed by atoms with E-state index < -0.39 is 0 Å². The molecule has 0 aliphatic heterocycles. The quantitative estimate of drug-likeness (QED) is 0.447. The monoisotopic (exact) mass is 399 g/mol. The number of furan rings is 1. The first-order valence-electron chi connectivity index (χ1n) is 9.24. The number of hydrogen-bond acceptors (Lipinski definition) is 4. The molecule has 28 heavy (non-hydrogen) atoms. The molecule has 2 heterocycles. The van der Waals surface area contributed by atoms with E-state index in [1.54, 1.807) is 13.4 Å². The molecular formula is C21H25N3O3S. The number of benzene rings is 1. The largest absolute Gasteiger partial charge is 0.467 e. The number of fused-ring (bicyclic) bond motifs is 1. The Kier molecular flexibility index (Phi) is 6.84. The van der Waals surface area contributed by atoms with Gasteiger partial charge in [0.25, 0.3) is 5.56 Å². The SMILES string of the molecule is COCCCNC(=S)N(Cc1ccco1)Cc1cc2cccc(C)c2[nH]c1=O. The summed E-state index contributed by atoms with van der Waals surface area (Å²) in [6.45, 7) is 4.22. The second-order valence-electron chi connectivity index (χ2n) is 6.68. The van der Waals surface area contributed by atoms with Crippen molar-refractivity contribution in [3.05, 3.63) is 69.9 Å². The van der Waals surface area contributed by atoms with Gasteiger partial charge in [0.1, 0.15) is 5.76 Å². The molecule has 3 aromatic rings. The third kappa shape index (κ3) is 4.99. The minimum atomic E-state index is -0.103. The number of para-hydroxylation sites is 1. The number of methoxy groups -OCH3 is 1. The molecule has 0 aliphatic rings. The van der Waals surface area contributed by atoms with E-state index in [9.17, 15) is 4.79 Å². The van der Waals surface area contributed by atoms with E-state index in [-0.39, 0.29) is 5.56 Å². The molecule has 0 amide bonds. The summed E-state index contributed by atoms with van der Waals surface area (Å²) in [7, 11) is 1.68. The fourth-order valence-electron chi connectivity index (χ4n) is 3.07. The van der Waals surface area contributed by atoms with Crippen LogP contribution in [0.1, 0.15) is 23.3 Å². The first-order chi connectivity index (χ1) is 13.6. The molecular weight excluding hydrogens is 374 g/mol. The number of aryl methyl sites for hydroxylation is 1. The van der Waals surface area contributed by atoms with Gasteiger partial charge in [-0.15, -0.1) is 0 Å². The predicted molar refractivity (Wildman–Crippen MR) is 114 cm³/mol. The van der Waals surface area contributed by atoms with Gasteiger partial charge in [-0.25, -0.2) is 0 Å². The van der Waals surface area contributed by atoms with Gasteiger partial charge in [0, 0.05) is 25.8 Å². The zero-order chi connectivity index (χ0) is 19.9. The number of aromatic amines is 1. The molecule has 3 rings (SSSR count). The van der Waals surface area contributed by atoms with Crippen LogP contribution < -0.4 is 10.9 Å². The molecule has 0 atom stereocenters. The summed E-state index contributed by atoms with van der Waals surface area (Å²) < 4.78 is 10.6. The van der Waals surface area contributed by atoms with Gasteiger partial charge in [0.15, 0.2) is 5.11 Å². The lowest BCUT2D eigenvalue weighted by Gasteiger charge is -2.25. The number of H-pyrrole nitrogens is 1. The summed E-state index contributed by atoms with van der Waals surface area (Å²) in [4.78, 5) is 17.6. The van der Waals surface area contributed by atoms with Gasteiger partial charge in [0.2, 0.25) is 0 Å². The lowest BCUT2D eigenvalue weighted by molar-refractivity contribution is 0.195. The molecule has 0 bridgehead atoms. The number of nitrogens with one attached hydrogen (secondary N) is 2. The lowest BCUT2D eigenvalue weighted by Crippen LogP contribution is -2.40. The number of aromatic nitrogens is 1.